The first kappa shape index (κ1) is 26.2. The lowest BCUT2D eigenvalue weighted by Crippen LogP contribution is -2.27. The van der Waals surface area contributed by atoms with Gasteiger partial charge in [-0.05, 0) is 13.0 Å². The number of allylic oxidation sites excluding steroid dienone is 3. The van der Waals surface area contributed by atoms with Gasteiger partial charge >= 0.3 is 5.97 Å². The van der Waals surface area contributed by atoms with E-state index < -0.39 is 23.6 Å². The number of hydrogen-bond donors (Lipinski definition) is 1. The van der Waals surface area contributed by atoms with E-state index in [9.17, 15) is 14.7 Å². The molecule has 1 aliphatic heterocycles. The summed E-state index contributed by atoms with van der Waals surface area (Å²) >= 11 is 12.7. The van der Waals surface area contributed by atoms with Crippen molar-refractivity contribution >= 4 is 35.0 Å². The Bertz CT molecular complexity index is 868. The van der Waals surface area contributed by atoms with Crippen molar-refractivity contribution in [3.8, 4) is 11.5 Å². The Balaban J connectivity index is 2.61. The van der Waals surface area contributed by atoms with Crippen LogP contribution in [0.5, 0.6) is 11.5 Å². The molecule has 0 aliphatic carbocycles. The van der Waals surface area contributed by atoms with Crippen LogP contribution in [0, 0.1) is 0 Å². The standard InChI is InChI=1S/C22H26Cl2O8/c1-13-8-17(26)16(23)7-5-4-6-14(25)9-15-20(22(27)32-13)18(30-11-28-2)10-19(21(15)24)31-12-29-3/h4-7,10,13,16-17,26H,8-9,11-12H2,1-3H3/b6-4+,7-5-/t13-,16+,17-/m1/s1. The molecule has 8 nitrogen and oxygen atoms in total. The van der Waals surface area contributed by atoms with E-state index in [2.05, 4.69) is 0 Å². The van der Waals surface area contributed by atoms with Gasteiger partial charge in [-0.3, -0.25) is 4.79 Å². The van der Waals surface area contributed by atoms with E-state index in [0.717, 1.165) is 0 Å². The molecule has 0 bridgehead atoms. The van der Waals surface area contributed by atoms with E-state index in [0.29, 0.717) is 0 Å². The number of hydrogen-bond acceptors (Lipinski definition) is 8. The van der Waals surface area contributed by atoms with Gasteiger partial charge in [0.05, 0.1) is 16.5 Å². The number of alkyl halides is 1. The molecule has 3 atom stereocenters. The van der Waals surface area contributed by atoms with E-state index >= 15 is 0 Å². The molecule has 1 aromatic rings. The number of methoxy groups -OCH3 is 2. The highest BCUT2D eigenvalue weighted by Crippen LogP contribution is 2.39. The van der Waals surface area contributed by atoms with Crippen molar-refractivity contribution in [3.63, 3.8) is 0 Å². The zero-order valence-corrected chi connectivity index (χ0v) is 19.5. The van der Waals surface area contributed by atoms with Gasteiger partial charge in [-0.25, -0.2) is 4.79 Å². The van der Waals surface area contributed by atoms with Gasteiger partial charge in [0.25, 0.3) is 0 Å². The minimum Gasteiger partial charge on any atom is -0.467 e. The number of aliphatic hydroxyl groups is 1. The molecule has 0 saturated carbocycles. The molecule has 0 unspecified atom stereocenters. The number of esters is 1. The first-order chi connectivity index (χ1) is 15.3. The topological polar surface area (TPSA) is 101 Å². The van der Waals surface area contributed by atoms with Gasteiger partial charge in [0.1, 0.15) is 23.2 Å². The van der Waals surface area contributed by atoms with Crippen LogP contribution in [-0.2, 0) is 25.4 Å². The third kappa shape index (κ3) is 7.21. The van der Waals surface area contributed by atoms with E-state index in [4.69, 9.17) is 46.9 Å². The zero-order chi connectivity index (χ0) is 23.7. The fraction of sp³-hybridized carbons (Fsp3) is 0.455. The molecule has 1 aromatic carbocycles. The summed E-state index contributed by atoms with van der Waals surface area (Å²) in [6, 6.07) is 1.40. The average Bonchev–Trinajstić information content (AvgIpc) is 2.74. The van der Waals surface area contributed by atoms with Crippen LogP contribution in [0.4, 0.5) is 0 Å². The first-order valence-electron chi connectivity index (χ1n) is 9.78. The Morgan fingerprint density at radius 3 is 2.44 bits per heavy atom. The summed E-state index contributed by atoms with van der Waals surface area (Å²) in [5, 5.41) is 9.60. The highest BCUT2D eigenvalue weighted by molar-refractivity contribution is 6.33. The van der Waals surface area contributed by atoms with Crippen molar-refractivity contribution in [1.29, 1.82) is 0 Å². The molecule has 176 valence electrons. The molecule has 0 aromatic heterocycles. The molecule has 2 rings (SSSR count). The lowest BCUT2D eigenvalue weighted by molar-refractivity contribution is -0.114. The highest BCUT2D eigenvalue weighted by atomic mass is 35.5. The normalized spacial score (nSPS) is 24.1. The number of fused-ring (bicyclic) bond motifs is 1. The summed E-state index contributed by atoms with van der Waals surface area (Å²) in [6.45, 7) is 1.34. The van der Waals surface area contributed by atoms with Crippen molar-refractivity contribution in [2.45, 2.75) is 37.4 Å². The fourth-order valence-electron chi connectivity index (χ4n) is 2.97. The predicted molar refractivity (Wildman–Crippen MR) is 119 cm³/mol. The minimum absolute atomic E-state index is 0.0325. The van der Waals surface area contributed by atoms with Crippen LogP contribution in [0.15, 0.2) is 30.4 Å². The van der Waals surface area contributed by atoms with E-state index in [1.54, 1.807) is 19.1 Å². The van der Waals surface area contributed by atoms with Crippen molar-refractivity contribution in [2.75, 3.05) is 27.8 Å². The Morgan fingerprint density at radius 1 is 1.12 bits per heavy atom. The zero-order valence-electron chi connectivity index (χ0n) is 18.0. The van der Waals surface area contributed by atoms with Crippen LogP contribution in [0.3, 0.4) is 0 Å². The van der Waals surface area contributed by atoms with Crippen molar-refractivity contribution in [1.82, 2.24) is 0 Å². The number of benzene rings is 1. The maximum absolute atomic E-state index is 13.1. The average molecular weight is 489 g/mol. The van der Waals surface area contributed by atoms with Gasteiger partial charge < -0.3 is 28.8 Å². The van der Waals surface area contributed by atoms with Gasteiger partial charge in [-0.2, -0.15) is 0 Å². The molecule has 1 N–H and O–H groups in total. The van der Waals surface area contributed by atoms with Crippen LogP contribution in [0.2, 0.25) is 5.02 Å². The fourth-order valence-corrected chi connectivity index (χ4v) is 3.43. The largest absolute Gasteiger partial charge is 0.467 e. The number of ketones is 1. The van der Waals surface area contributed by atoms with E-state index in [1.807, 2.05) is 0 Å². The first-order valence-corrected chi connectivity index (χ1v) is 10.6. The number of aliphatic hydroxyl groups excluding tert-OH is 1. The second-order valence-electron chi connectivity index (χ2n) is 6.99. The Morgan fingerprint density at radius 2 is 1.78 bits per heavy atom. The molecule has 0 radical (unpaired) electrons. The number of ether oxygens (including phenoxy) is 5. The van der Waals surface area contributed by atoms with Crippen LogP contribution in [0.25, 0.3) is 0 Å². The van der Waals surface area contributed by atoms with Crippen LogP contribution in [-0.4, -0.2) is 62.2 Å². The van der Waals surface area contributed by atoms with Crippen molar-refractivity contribution in [2.24, 2.45) is 0 Å². The molecule has 0 fully saturated rings. The molecule has 0 saturated heterocycles. The van der Waals surface area contributed by atoms with Crippen LogP contribution >= 0.6 is 23.2 Å². The summed E-state index contributed by atoms with van der Waals surface area (Å²) in [4.78, 5) is 25.7. The molecule has 0 amide bonds. The quantitative estimate of drug-likeness (QED) is 0.369. The second kappa shape index (κ2) is 12.8. The van der Waals surface area contributed by atoms with Crippen LogP contribution < -0.4 is 9.47 Å². The third-order valence-corrected chi connectivity index (χ3v) is 5.30. The lowest BCUT2D eigenvalue weighted by atomic mass is 9.99. The van der Waals surface area contributed by atoms with Crippen LogP contribution in [0.1, 0.15) is 29.3 Å². The van der Waals surface area contributed by atoms with Gasteiger partial charge in [0, 0.05) is 38.7 Å². The van der Waals surface area contributed by atoms with Gasteiger partial charge in [0.15, 0.2) is 19.4 Å². The van der Waals surface area contributed by atoms with Crippen molar-refractivity contribution in [3.05, 3.63) is 46.5 Å². The third-order valence-electron chi connectivity index (χ3n) is 4.45. The predicted octanol–water partition coefficient (Wildman–Crippen LogP) is 3.45. The number of cyclic esters (lactones) is 1. The van der Waals surface area contributed by atoms with Gasteiger partial charge in [-0.1, -0.05) is 29.8 Å². The monoisotopic (exact) mass is 488 g/mol. The number of carbonyl (C=O) groups excluding carboxylic acids is 2. The second-order valence-corrected chi connectivity index (χ2v) is 7.87. The van der Waals surface area contributed by atoms with Gasteiger partial charge in [0.2, 0.25) is 0 Å². The summed E-state index contributed by atoms with van der Waals surface area (Å²) in [5.74, 6) is -0.892. The SMILES string of the molecule is COCOc1cc(OCOC)c2c(c1Cl)CC(=O)/C=C/C=C\[C@H](Cl)[C@H](O)C[C@@H](C)OC2=O. The van der Waals surface area contributed by atoms with E-state index in [-0.39, 0.29) is 59.9 Å². The molecular formula is C22H26Cl2O8. The molecule has 1 aliphatic rings. The smallest absolute Gasteiger partial charge is 0.342 e. The molecule has 10 heteroatoms. The number of halogens is 2. The lowest BCUT2D eigenvalue weighted by Gasteiger charge is -2.22. The molecule has 1 heterocycles. The minimum atomic E-state index is -0.972. The number of rotatable bonds is 6. The summed E-state index contributed by atoms with van der Waals surface area (Å²) < 4.78 is 26.4. The molecule has 32 heavy (non-hydrogen) atoms. The summed E-state index contributed by atoms with van der Waals surface area (Å²) in [6.07, 6.45) is 4.14. The maximum atomic E-state index is 13.1. The molecular weight excluding hydrogens is 463 g/mol. The Kier molecular flexibility index (Phi) is 10.5. The Hall–Kier alpha value is -2.10. The van der Waals surface area contributed by atoms with E-state index in [1.165, 1.54) is 32.4 Å². The summed E-state index contributed by atoms with van der Waals surface area (Å²) in [7, 11) is 2.86. The molecule has 0 spiro atoms. The highest BCUT2D eigenvalue weighted by Gasteiger charge is 2.29. The number of carbonyl (C=O) groups is 2. The maximum Gasteiger partial charge on any atom is 0.342 e. The summed E-state index contributed by atoms with van der Waals surface area (Å²) in [5.41, 5.74) is 0.143. The van der Waals surface area contributed by atoms with Crippen molar-refractivity contribution < 1.29 is 38.4 Å². The van der Waals surface area contributed by atoms with Gasteiger partial charge in [-0.15, -0.1) is 11.6 Å². The Labute approximate surface area is 196 Å².